The number of carbonyl (C=O) groups is 1. The minimum atomic E-state index is 0.0395. The number of rotatable bonds is 1. The van der Waals surface area contributed by atoms with Crippen molar-refractivity contribution < 1.29 is 4.79 Å². The van der Waals surface area contributed by atoms with Crippen molar-refractivity contribution in [2.24, 2.45) is 0 Å². The molecule has 0 radical (unpaired) electrons. The Kier molecular flexibility index (Phi) is 3.19. The monoisotopic (exact) mass is 219 g/mol. The first-order valence-electron chi connectivity index (χ1n) is 5.64. The van der Waals surface area contributed by atoms with Crippen molar-refractivity contribution >= 4 is 5.91 Å². The highest BCUT2D eigenvalue weighted by molar-refractivity contribution is 5.92. The van der Waals surface area contributed by atoms with Crippen LogP contribution in [0, 0.1) is 6.92 Å². The summed E-state index contributed by atoms with van der Waals surface area (Å²) in [7, 11) is 0. The molecule has 0 bridgehead atoms. The van der Waals surface area contributed by atoms with Gasteiger partial charge >= 0.3 is 0 Å². The van der Waals surface area contributed by atoms with Gasteiger partial charge in [0.25, 0.3) is 5.91 Å². The molecule has 16 heavy (non-hydrogen) atoms. The molecule has 2 heterocycles. The van der Waals surface area contributed by atoms with Crippen molar-refractivity contribution in [3.8, 4) is 0 Å². The Balaban J connectivity index is 2.17. The molecule has 86 valence electrons. The number of amides is 1. The van der Waals surface area contributed by atoms with Crippen LogP contribution in [0.2, 0.25) is 0 Å². The van der Waals surface area contributed by atoms with Crippen LogP contribution in [0.1, 0.15) is 23.1 Å². The summed E-state index contributed by atoms with van der Waals surface area (Å²) in [5, 5.41) is 3.27. The van der Waals surface area contributed by atoms with Gasteiger partial charge in [0.05, 0.1) is 0 Å². The fourth-order valence-corrected chi connectivity index (χ4v) is 1.95. The number of carbonyl (C=O) groups excluding carboxylic acids is 1. The van der Waals surface area contributed by atoms with Crippen LogP contribution in [0.4, 0.5) is 0 Å². The summed E-state index contributed by atoms with van der Waals surface area (Å²) in [6, 6.07) is 5.80. The molecule has 0 spiro atoms. The molecule has 0 unspecified atom stereocenters. The fourth-order valence-electron chi connectivity index (χ4n) is 1.95. The van der Waals surface area contributed by atoms with E-state index in [2.05, 4.69) is 17.2 Å². The summed E-state index contributed by atoms with van der Waals surface area (Å²) in [5.41, 5.74) is 1.43. The van der Waals surface area contributed by atoms with Gasteiger partial charge in [-0.15, -0.1) is 0 Å². The molecular formula is C12H17N3O. The summed E-state index contributed by atoms with van der Waals surface area (Å²) in [4.78, 5) is 18.4. The topological polar surface area (TPSA) is 45.2 Å². The largest absolute Gasteiger partial charge is 0.332 e. The zero-order valence-corrected chi connectivity index (χ0v) is 9.73. The number of hydrogen-bond acceptors (Lipinski definition) is 3. The minimum Gasteiger partial charge on any atom is -0.332 e. The lowest BCUT2D eigenvalue weighted by Crippen LogP contribution is -2.52. The Morgan fingerprint density at radius 2 is 2.38 bits per heavy atom. The molecule has 1 aliphatic rings. The van der Waals surface area contributed by atoms with Crippen LogP contribution in [0.5, 0.6) is 0 Å². The SMILES string of the molecule is Cc1cccc(C(=O)N2CCNC[C@H]2C)n1. The van der Waals surface area contributed by atoms with Crippen LogP contribution in [0.3, 0.4) is 0 Å². The number of nitrogens with one attached hydrogen (secondary N) is 1. The van der Waals surface area contributed by atoms with E-state index >= 15 is 0 Å². The van der Waals surface area contributed by atoms with Crippen molar-refractivity contribution in [1.82, 2.24) is 15.2 Å². The van der Waals surface area contributed by atoms with Gasteiger partial charge in [-0.3, -0.25) is 4.79 Å². The quantitative estimate of drug-likeness (QED) is 0.760. The van der Waals surface area contributed by atoms with E-state index in [1.807, 2.05) is 24.0 Å². The number of pyridine rings is 1. The molecule has 4 heteroatoms. The Hall–Kier alpha value is -1.42. The Labute approximate surface area is 95.7 Å². The average Bonchev–Trinajstić information content (AvgIpc) is 2.29. The maximum Gasteiger partial charge on any atom is 0.272 e. The van der Waals surface area contributed by atoms with E-state index in [0.717, 1.165) is 25.3 Å². The van der Waals surface area contributed by atoms with E-state index < -0.39 is 0 Å². The van der Waals surface area contributed by atoms with Crippen LogP contribution < -0.4 is 5.32 Å². The third-order valence-corrected chi connectivity index (χ3v) is 2.87. The second-order valence-corrected chi connectivity index (χ2v) is 4.22. The number of nitrogens with zero attached hydrogens (tertiary/aromatic N) is 2. The molecule has 1 aliphatic heterocycles. The van der Waals surface area contributed by atoms with E-state index in [1.165, 1.54) is 0 Å². The summed E-state index contributed by atoms with van der Waals surface area (Å²) in [6.45, 7) is 6.44. The van der Waals surface area contributed by atoms with Gasteiger partial charge in [-0.25, -0.2) is 4.98 Å². The van der Waals surface area contributed by atoms with Gasteiger partial charge < -0.3 is 10.2 Å². The lowest BCUT2D eigenvalue weighted by molar-refractivity contribution is 0.0649. The average molecular weight is 219 g/mol. The van der Waals surface area contributed by atoms with Crippen molar-refractivity contribution in [3.05, 3.63) is 29.6 Å². The standard InChI is InChI=1S/C12H17N3O/c1-9-4-3-5-11(14-9)12(16)15-7-6-13-8-10(15)2/h3-5,10,13H,6-8H2,1-2H3/t10-/m1/s1. The van der Waals surface area contributed by atoms with Gasteiger partial charge in [-0.05, 0) is 26.0 Å². The summed E-state index contributed by atoms with van der Waals surface area (Å²) in [6.07, 6.45) is 0. The minimum absolute atomic E-state index is 0.0395. The molecule has 1 aromatic rings. The van der Waals surface area contributed by atoms with Crippen LogP contribution in [-0.2, 0) is 0 Å². The van der Waals surface area contributed by atoms with Crippen LogP contribution in [0.25, 0.3) is 0 Å². The van der Waals surface area contributed by atoms with Crippen molar-refractivity contribution in [2.45, 2.75) is 19.9 Å². The second kappa shape index (κ2) is 4.61. The smallest absolute Gasteiger partial charge is 0.272 e. The van der Waals surface area contributed by atoms with E-state index in [9.17, 15) is 4.79 Å². The van der Waals surface area contributed by atoms with Crippen LogP contribution in [0.15, 0.2) is 18.2 Å². The number of piperazine rings is 1. The lowest BCUT2D eigenvalue weighted by Gasteiger charge is -2.33. The fraction of sp³-hybridized carbons (Fsp3) is 0.500. The third-order valence-electron chi connectivity index (χ3n) is 2.87. The first-order valence-corrected chi connectivity index (χ1v) is 5.64. The first kappa shape index (κ1) is 11.1. The van der Waals surface area contributed by atoms with E-state index in [4.69, 9.17) is 0 Å². The number of aromatic nitrogens is 1. The predicted octanol–water partition coefficient (Wildman–Crippen LogP) is 0.824. The van der Waals surface area contributed by atoms with E-state index in [-0.39, 0.29) is 11.9 Å². The normalized spacial score (nSPS) is 20.9. The molecule has 1 amide bonds. The zero-order chi connectivity index (χ0) is 11.5. The molecule has 1 aromatic heterocycles. The first-order chi connectivity index (χ1) is 7.68. The molecule has 1 saturated heterocycles. The Morgan fingerprint density at radius 3 is 3.06 bits per heavy atom. The lowest BCUT2D eigenvalue weighted by atomic mass is 10.2. The van der Waals surface area contributed by atoms with Gasteiger partial charge in [0.15, 0.2) is 0 Å². The van der Waals surface area contributed by atoms with Gasteiger partial charge in [0, 0.05) is 31.4 Å². The number of aryl methyl sites for hydroxylation is 1. The van der Waals surface area contributed by atoms with Crippen LogP contribution >= 0.6 is 0 Å². The molecule has 0 saturated carbocycles. The van der Waals surface area contributed by atoms with Gasteiger partial charge in [-0.1, -0.05) is 6.07 Å². The third kappa shape index (κ3) is 2.22. The summed E-state index contributed by atoms with van der Waals surface area (Å²) in [5.74, 6) is 0.0395. The molecule has 1 atom stereocenters. The van der Waals surface area contributed by atoms with E-state index in [0.29, 0.717) is 5.69 Å². The highest BCUT2D eigenvalue weighted by Gasteiger charge is 2.24. The maximum absolute atomic E-state index is 12.2. The maximum atomic E-state index is 12.2. The highest BCUT2D eigenvalue weighted by atomic mass is 16.2. The van der Waals surface area contributed by atoms with Crippen molar-refractivity contribution in [1.29, 1.82) is 0 Å². The Morgan fingerprint density at radius 1 is 1.56 bits per heavy atom. The van der Waals surface area contributed by atoms with Crippen molar-refractivity contribution in [3.63, 3.8) is 0 Å². The van der Waals surface area contributed by atoms with Gasteiger partial charge in [-0.2, -0.15) is 0 Å². The van der Waals surface area contributed by atoms with Gasteiger partial charge in [0.2, 0.25) is 0 Å². The second-order valence-electron chi connectivity index (χ2n) is 4.22. The van der Waals surface area contributed by atoms with Crippen LogP contribution in [-0.4, -0.2) is 41.5 Å². The summed E-state index contributed by atoms with van der Waals surface area (Å²) >= 11 is 0. The molecule has 0 aliphatic carbocycles. The molecule has 0 aromatic carbocycles. The Bertz CT molecular complexity index is 392. The molecule has 2 rings (SSSR count). The number of hydrogen-bond donors (Lipinski definition) is 1. The molecule has 1 N–H and O–H groups in total. The molecular weight excluding hydrogens is 202 g/mol. The van der Waals surface area contributed by atoms with Gasteiger partial charge in [0.1, 0.15) is 5.69 Å². The predicted molar refractivity (Wildman–Crippen MR) is 62.3 cm³/mol. The highest BCUT2D eigenvalue weighted by Crippen LogP contribution is 2.09. The molecule has 1 fully saturated rings. The van der Waals surface area contributed by atoms with Crippen molar-refractivity contribution in [2.75, 3.05) is 19.6 Å². The zero-order valence-electron chi connectivity index (χ0n) is 9.73. The van der Waals surface area contributed by atoms with E-state index in [1.54, 1.807) is 6.07 Å². The summed E-state index contributed by atoms with van der Waals surface area (Å²) < 4.78 is 0. The molecule has 4 nitrogen and oxygen atoms in total.